The molecule has 0 fully saturated rings. The van der Waals surface area contributed by atoms with Crippen LogP contribution in [0.4, 0.5) is 0 Å². The van der Waals surface area contributed by atoms with Crippen molar-refractivity contribution in [3.05, 3.63) is 0 Å². The van der Waals surface area contributed by atoms with Crippen molar-refractivity contribution in [2.45, 2.75) is 38.7 Å². The van der Waals surface area contributed by atoms with Gasteiger partial charge in [0.25, 0.3) is 0 Å². The quantitative estimate of drug-likeness (QED) is 0.345. The standard InChI is InChI=1S/C11H25ClNO.ClH/c1-4-5-6-7-8-13(2,3)10-11(14)9-12;/h11,14H,4-10H2,1-3H3;1H/q+1;/p-1. The number of likely N-dealkylation sites (N-methyl/N-ethyl adjacent to an activating group) is 1. The van der Waals surface area contributed by atoms with Crippen molar-refractivity contribution in [3.8, 4) is 0 Å². The molecule has 0 aliphatic heterocycles. The van der Waals surface area contributed by atoms with Gasteiger partial charge in [0.05, 0.1) is 26.5 Å². The van der Waals surface area contributed by atoms with E-state index in [-0.39, 0.29) is 18.5 Å². The number of nitrogens with zero attached hydrogens (tertiary/aromatic N) is 1. The van der Waals surface area contributed by atoms with Crippen molar-refractivity contribution in [1.29, 1.82) is 0 Å². The van der Waals surface area contributed by atoms with Gasteiger partial charge in [0.1, 0.15) is 12.6 Å². The largest absolute Gasteiger partial charge is 1.00 e. The number of alkyl halides is 1. The van der Waals surface area contributed by atoms with E-state index in [2.05, 4.69) is 21.0 Å². The van der Waals surface area contributed by atoms with Crippen LogP contribution < -0.4 is 12.4 Å². The number of aliphatic hydroxyl groups excluding tert-OH is 1. The Balaban J connectivity index is 0. The van der Waals surface area contributed by atoms with E-state index < -0.39 is 0 Å². The summed E-state index contributed by atoms with van der Waals surface area (Å²) >= 11 is 5.58. The number of rotatable bonds is 8. The lowest BCUT2D eigenvalue weighted by Crippen LogP contribution is -3.00. The molecule has 0 aromatic heterocycles. The molecule has 0 aromatic carbocycles. The van der Waals surface area contributed by atoms with E-state index in [9.17, 15) is 5.11 Å². The highest BCUT2D eigenvalue weighted by molar-refractivity contribution is 6.18. The van der Waals surface area contributed by atoms with Crippen LogP contribution in [0.1, 0.15) is 32.6 Å². The summed E-state index contributed by atoms with van der Waals surface area (Å²) in [6.07, 6.45) is 4.78. The highest BCUT2D eigenvalue weighted by Gasteiger charge is 2.18. The first kappa shape index (κ1) is 17.9. The molecule has 4 heteroatoms. The van der Waals surface area contributed by atoms with Gasteiger partial charge in [-0.2, -0.15) is 0 Å². The van der Waals surface area contributed by atoms with E-state index in [4.69, 9.17) is 11.6 Å². The molecule has 1 atom stereocenters. The number of halogens is 2. The fraction of sp³-hybridized carbons (Fsp3) is 1.00. The van der Waals surface area contributed by atoms with E-state index in [1.54, 1.807) is 0 Å². The lowest BCUT2D eigenvalue weighted by Gasteiger charge is -2.31. The Labute approximate surface area is 106 Å². The summed E-state index contributed by atoms with van der Waals surface area (Å²) < 4.78 is 0.873. The molecule has 0 saturated carbocycles. The molecule has 1 N–H and O–H groups in total. The lowest BCUT2D eigenvalue weighted by atomic mass is 10.2. The first-order chi connectivity index (χ1) is 6.52. The Morgan fingerprint density at radius 1 is 1.20 bits per heavy atom. The number of aliphatic hydroxyl groups is 1. The van der Waals surface area contributed by atoms with E-state index >= 15 is 0 Å². The molecule has 0 saturated heterocycles. The van der Waals surface area contributed by atoms with Gasteiger partial charge in [0.15, 0.2) is 0 Å². The fourth-order valence-electron chi connectivity index (χ4n) is 1.68. The zero-order chi connectivity index (χ0) is 11.0. The molecule has 0 spiro atoms. The van der Waals surface area contributed by atoms with Crippen molar-refractivity contribution < 1.29 is 22.0 Å². The van der Waals surface area contributed by atoms with Gasteiger partial charge in [-0.25, -0.2) is 0 Å². The Kier molecular flexibility index (Phi) is 11.6. The van der Waals surface area contributed by atoms with Crippen LogP contribution in [0.25, 0.3) is 0 Å². The zero-order valence-corrected chi connectivity index (χ0v) is 11.7. The highest BCUT2D eigenvalue weighted by Crippen LogP contribution is 2.07. The average molecular weight is 258 g/mol. The van der Waals surface area contributed by atoms with Gasteiger partial charge in [-0.3, -0.25) is 0 Å². The Bertz CT molecular complexity index is 143. The van der Waals surface area contributed by atoms with Crippen LogP contribution in [0.2, 0.25) is 0 Å². The molecule has 0 aromatic rings. The average Bonchev–Trinajstić information content (AvgIpc) is 2.12. The fourth-order valence-corrected chi connectivity index (χ4v) is 1.77. The monoisotopic (exact) mass is 257 g/mol. The zero-order valence-electron chi connectivity index (χ0n) is 10.2. The third kappa shape index (κ3) is 10.8. The van der Waals surface area contributed by atoms with Gasteiger partial charge in [-0.05, 0) is 12.8 Å². The Morgan fingerprint density at radius 2 is 1.80 bits per heavy atom. The third-order valence-corrected chi connectivity index (χ3v) is 2.86. The minimum atomic E-state index is -0.363. The van der Waals surface area contributed by atoms with Crippen LogP contribution in [0.5, 0.6) is 0 Å². The first-order valence-electron chi connectivity index (χ1n) is 5.58. The highest BCUT2D eigenvalue weighted by atomic mass is 35.5. The smallest absolute Gasteiger partial charge is 0.116 e. The summed E-state index contributed by atoms with van der Waals surface area (Å²) in [5.74, 6) is 0.344. The van der Waals surface area contributed by atoms with E-state index in [0.29, 0.717) is 5.88 Å². The van der Waals surface area contributed by atoms with Crippen molar-refractivity contribution in [2.24, 2.45) is 0 Å². The molecule has 0 amide bonds. The molecule has 0 aliphatic rings. The van der Waals surface area contributed by atoms with Gasteiger partial charge in [-0.1, -0.05) is 19.8 Å². The van der Waals surface area contributed by atoms with Crippen molar-refractivity contribution in [2.75, 3.05) is 33.1 Å². The van der Waals surface area contributed by atoms with Gasteiger partial charge in [0, 0.05) is 0 Å². The van der Waals surface area contributed by atoms with Crippen molar-refractivity contribution >= 4 is 11.6 Å². The Hall–Kier alpha value is 0.500. The van der Waals surface area contributed by atoms with Gasteiger partial charge in [0.2, 0.25) is 0 Å². The summed E-state index contributed by atoms with van der Waals surface area (Å²) in [4.78, 5) is 0. The van der Waals surface area contributed by atoms with Crippen molar-refractivity contribution in [1.82, 2.24) is 0 Å². The van der Waals surface area contributed by atoms with Crippen LogP contribution in [0, 0.1) is 0 Å². The SMILES string of the molecule is CCCCCC[N+](C)(C)CC(O)CCl.[Cl-]. The van der Waals surface area contributed by atoms with Crippen molar-refractivity contribution in [3.63, 3.8) is 0 Å². The van der Waals surface area contributed by atoms with Gasteiger partial charge < -0.3 is 22.0 Å². The Morgan fingerprint density at radius 3 is 2.27 bits per heavy atom. The molecule has 1 unspecified atom stereocenters. The summed E-state index contributed by atoms with van der Waals surface area (Å²) in [5.41, 5.74) is 0. The van der Waals surface area contributed by atoms with E-state index in [0.717, 1.165) is 17.6 Å². The molecule has 0 bridgehead atoms. The van der Waals surface area contributed by atoms with E-state index in [1.807, 2.05) is 0 Å². The topological polar surface area (TPSA) is 20.2 Å². The molecule has 0 heterocycles. The normalized spacial score (nSPS) is 13.4. The van der Waals surface area contributed by atoms with Crippen LogP contribution in [-0.2, 0) is 0 Å². The van der Waals surface area contributed by atoms with Gasteiger partial charge in [-0.15, -0.1) is 11.6 Å². The molecular formula is C11H25Cl2NO. The third-order valence-electron chi connectivity index (χ3n) is 2.50. The number of unbranched alkanes of at least 4 members (excludes halogenated alkanes) is 3. The van der Waals surface area contributed by atoms with Crippen LogP contribution >= 0.6 is 11.6 Å². The summed E-state index contributed by atoms with van der Waals surface area (Å²) in [5, 5.41) is 9.45. The maximum absolute atomic E-state index is 9.45. The summed E-state index contributed by atoms with van der Waals surface area (Å²) in [6.45, 7) is 4.11. The van der Waals surface area contributed by atoms with Crippen LogP contribution in [0.3, 0.4) is 0 Å². The van der Waals surface area contributed by atoms with Gasteiger partial charge >= 0.3 is 0 Å². The number of hydrogen-bond donors (Lipinski definition) is 1. The molecule has 94 valence electrons. The molecule has 15 heavy (non-hydrogen) atoms. The maximum Gasteiger partial charge on any atom is 0.116 e. The predicted molar refractivity (Wildman–Crippen MR) is 62.7 cm³/mol. The summed E-state index contributed by atoms with van der Waals surface area (Å²) in [7, 11) is 4.31. The molecule has 0 radical (unpaired) electrons. The van der Waals surface area contributed by atoms with Crippen LogP contribution in [-0.4, -0.2) is 48.8 Å². The minimum Gasteiger partial charge on any atom is -1.00 e. The second kappa shape index (κ2) is 9.71. The molecule has 0 rings (SSSR count). The maximum atomic E-state index is 9.45. The molecule has 2 nitrogen and oxygen atoms in total. The van der Waals surface area contributed by atoms with E-state index in [1.165, 1.54) is 25.7 Å². The predicted octanol–water partition coefficient (Wildman–Crippen LogP) is -0.753. The number of hydrogen-bond acceptors (Lipinski definition) is 1. The minimum absolute atomic E-state index is 0. The van der Waals surface area contributed by atoms with Crippen LogP contribution in [0.15, 0.2) is 0 Å². The molecule has 0 aliphatic carbocycles. The second-order valence-electron chi connectivity index (χ2n) is 4.71. The lowest BCUT2D eigenvalue weighted by molar-refractivity contribution is -0.893. The molecular weight excluding hydrogens is 233 g/mol. The summed E-state index contributed by atoms with van der Waals surface area (Å²) in [6, 6.07) is 0. The first-order valence-corrected chi connectivity index (χ1v) is 6.11. The second-order valence-corrected chi connectivity index (χ2v) is 5.02. The number of quaternary nitrogens is 1.